The van der Waals surface area contributed by atoms with Crippen molar-refractivity contribution in [3.05, 3.63) is 125 Å². The van der Waals surface area contributed by atoms with E-state index in [1.807, 2.05) is 31.2 Å². The Balaban J connectivity index is 1.51. The van der Waals surface area contributed by atoms with Crippen LogP contribution in [0.15, 0.2) is 107 Å². The largest absolute Gasteiger partial charge is 0.422 e. The molecule has 6 rings (SSSR count). The van der Waals surface area contributed by atoms with Crippen LogP contribution >= 0.6 is 11.8 Å². The number of thioether (sulfide) groups is 1. The van der Waals surface area contributed by atoms with Crippen molar-refractivity contribution in [3.8, 4) is 0 Å². The highest BCUT2D eigenvalue weighted by Gasteiger charge is 2.46. The molecule has 3 heterocycles. The molecule has 3 aliphatic rings. The number of hydrogen-bond donors (Lipinski definition) is 1. The average molecular weight is 570 g/mol. The van der Waals surface area contributed by atoms with E-state index in [2.05, 4.69) is 29.3 Å². The first-order valence-electron chi connectivity index (χ1n) is 13.5. The van der Waals surface area contributed by atoms with Gasteiger partial charge in [0.15, 0.2) is 11.5 Å². The fourth-order valence-electron chi connectivity index (χ4n) is 5.55. The average Bonchev–Trinajstić information content (AvgIpc) is 3.16. The number of carbonyl (C=O) groups excluding carboxylic acids is 2. The van der Waals surface area contributed by atoms with E-state index in [-0.39, 0.29) is 36.1 Å². The minimum absolute atomic E-state index is 0.102. The van der Waals surface area contributed by atoms with Crippen molar-refractivity contribution in [1.29, 1.82) is 0 Å². The second kappa shape index (κ2) is 11.5. The number of methoxy groups -OCH3 is 1. The molecule has 0 aliphatic carbocycles. The summed E-state index contributed by atoms with van der Waals surface area (Å²) in [5.41, 5.74) is 3.86. The Morgan fingerprint density at radius 3 is 2.51 bits per heavy atom. The van der Waals surface area contributed by atoms with Crippen LogP contribution in [0.25, 0.3) is 0 Å². The number of carbonyl (C=O) groups is 2. The summed E-state index contributed by atoms with van der Waals surface area (Å²) >= 11 is 1.79. The molecule has 1 fully saturated rings. The highest BCUT2D eigenvalue weighted by Crippen LogP contribution is 2.45. The van der Waals surface area contributed by atoms with Crippen molar-refractivity contribution in [2.75, 3.05) is 20.4 Å². The van der Waals surface area contributed by atoms with E-state index in [4.69, 9.17) is 9.47 Å². The molecule has 3 aliphatic heterocycles. The minimum Gasteiger partial charge on any atom is -0.422 e. The van der Waals surface area contributed by atoms with Gasteiger partial charge in [0.2, 0.25) is 0 Å². The number of aliphatic hydroxyl groups is 1. The second-order valence-corrected chi connectivity index (χ2v) is 11.2. The molecule has 210 valence electrons. The van der Waals surface area contributed by atoms with Gasteiger partial charge in [-0.05, 0) is 47.9 Å². The molecule has 3 atom stereocenters. The Hall–Kier alpha value is -3.89. The van der Waals surface area contributed by atoms with Gasteiger partial charge in [0.05, 0.1) is 30.9 Å². The van der Waals surface area contributed by atoms with Crippen LogP contribution in [-0.2, 0) is 20.0 Å². The van der Waals surface area contributed by atoms with Gasteiger partial charge in [-0.15, -0.1) is 11.8 Å². The predicted molar refractivity (Wildman–Crippen MR) is 155 cm³/mol. The van der Waals surface area contributed by atoms with Crippen LogP contribution in [0.4, 0.5) is 0 Å². The van der Waals surface area contributed by atoms with Crippen LogP contribution in [0.3, 0.4) is 0 Å². The first kappa shape index (κ1) is 27.3. The number of hydrogen-bond acceptors (Lipinski definition) is 8. The fraction of sp³-hybridized carbons (Fsp3) is 0.250. The molecule has 0 aromatic heterocycles. The lowest BCUT2D eigenvalue weighted by atomic mass is 9.94. The van der Waals surface area contributed by atoms with Gasteiger partial charge in [0, 0.05) is 24.0 Å². The molecule has 9 heteroatoms. The number of benzene rings is 3. The van der Waals surface area contributed by atoms with Crippen LogP contribution in [0, 0.1) is 0 Å². The van der Waals surface area contributed by atoms with E-state index < -0.39 is 12.1 Å². The Morgan fingerprint density at radius 2 is 1.73 bits per heavy atom. The van der Waals surface area contributed by atoms with Gasteiger partial charge in [-0.25, -0.2) is 4.79 Å². The molecule has 41 heavy (non-hydrogen) atoms. The maximum atomic E-state index is 14.1. The summed E-state index contributed by atoms with van der Waals surface area (Å²) in [6.07, 6.45) is 1.95. The number of aliphatic hydroxyl groups excluding tert-OH is 1. The van der Waals surface area contributed by atoms with Crippen molar-refractivity contribution in [1.82, 2.24) is 14.9 Å². The fourth-order valence-corrected chi connectivity index (χ4v) is 6.65. The third-order valence-corrected chi connectivity index (χ3v) is 8.71. The molecule has 2 unspecified atom stereocenters. The Labute approximate surface area is 243 Å². The SMILES string of the molecule is COC[C@H](C)N1CN(C2c3ccccc3CSc3ccccc32)N2C=CC(O)C(OC(=O)c3ccccc3)=C2C1=O. The van der Waals surface area contributed by atoms with Crippen molar-refractivity contribution in [2.24, 2.45) is 0 Å². The van der Waals surface area contributed by atoms with Crippen LogP contribution < -0.4 is 0 Å². The molecule has 0 saturated carbocycles. The summed E-state index contributed by atoms with van der Waals surface area (Å²) < 4.78 is 11.2. The molecule has 1 N–H and O–H groups in total. The second-order valence-electron chi connectivity index (χ2n) is 10.2. The van der Waals surface area contributed by atoms with Crippen molar-refractivity contribution < 1.29 is 24.2 Å². The van der Waals surface area contributed by atoms with Gasteiger partial charge in [-0.2, -0.15) is 5.01 Å². The molecular formula is C32H31N3O5S. The maximum absolute atomic E-state index is 14.1. The quantitative estimate of drug-likeness (QED) is 0.428. The molecule has 1 saturated heterocycles. The molecule has 0 spiro atoms. The van der Waals surface area contributed by atoms with E-state index >= 15 is 0 Å². The van der Waals surface area contributed by atoms with Crippen molar-refractivity contribution in [2.45, 2.75) is 35.8 Å². The van der Waals surface area contributed by atoms with Crippen LogP contribution in [0.5, 0.6) is 0 Å². The number of esters is 1. The van der Waals surface area contributed by atoms with Gasteiger partial charge in [0.1, 0.15) is 6.10 Å². The van der Waals surface area contributed by atoms with E-state index in [9.17, 15) is 14.7 Å². The molecule has 3 aromatic carbocycles. The molecule has 3 aromatic rings. The monoisotopic (exact) mass is 569 g/mol. The maximum Gasteiger partial charge on any atom is 0.343 e. The van der Waals surface area contributed by atoms with Crippen LogP contribution in [0.2, 0.25) is 0 Å². The number of fused-ring (bicyclic) bond motifs is 3. The number of nitrogens with zero attached hydrogens (tertiary/aromatic N) is 3. The highest BCUT2D eigenvalue weighted by atomic mass is 32.2. The normalized spacial score (nSPS) is 21.1. The van der Waals surface area contributed by atoms with Crippen molar-refractivity contribution in [3.63, 3.8) is 0 Å². The Morgan fingerprint density at radius 1 is 1.02 bits per heavy atom. The zero-order valence-corrected chi connectivity index (χ0v) is 23.7. The molecule has 0 radical (unpaired) electrons. The van der Waals surface area contributed by atoms with E-state index in [0.29, 0.717) is 12.2 Å². The van der Waals surface area contributed by atoms with E-state index in [0.717, 1.165) is 21.8 Å². The summed E-state index contributed by atoms with van der Waals surface area (Å²) in [5, 5.41) is 14.9. The van der Waals surface area contributed by atoms with Gasteiger partial charge < -0.3 is 19.5 Å². The standard InChI is InChI=1S/C32H31N3O5S/c1-21(18-39-2)33-20-35(28-24-13-7-6-12-23(24)19-41-27-15-9-8-14-25(27)28)34-17-16-26(36)30(29(34)31(33)37)40-32(38)22-10-4-3-5-11-22/h3-17,21,26,28,36H,18-20H2,1-2H3/t21-,26?,28?/m0/s1. The van der Waals surface area contributed by atoms with E-state index in [1.54, 1.807) is 65.3 Å². The van der Waals surface area contributed by atoms with Crippen molar-refractivity contribution >= 4 is 23.6 Å². The zero-order chi connectivity index (χ0) is 28.5. The Bertz CT molecular complexity index is 1480. The number of amides is 1. The number of hydrazine groups is 1. The molecular weight excluding hydrogens is 538 g/mol. The summed E-state index contributed by atoms with van der Waals surface area (Å²) in [6, 6.07) is 24.6. The number of rotatable bonds is 6. The smallest absolute Gasteiger partial charge is 0.343 e. The van der Waals surface area contributed by atoms with Gasteiger partial charge >= 0.3 is 5.97 Å². The zero-order valence-electron chi connectivity index (χ0n) is 22.8. The Kier molecular flexibility index (Phi) is 7.68. The third-order valence-electron chi connectivity index (χ3n) is 7.57. The van der Waals surface area contributed by atoms with Gasteiger partial charge in [-0.1, -0.05) is 60.7 Å². The number of ether oxygens (including phenoxy) is 2. The summed E-state index contributed by atoms with van der Waals surface area (Å²) in [5.74, 6) is -0.285. The lowest BCUT2D eigenvalue weighted by Gasteiger charge is -2.50. The first-order chi connectivity index (χ1) is 20.0. The predicted octanol–water partition coefficient (Wildman–Crippen LogP) is 4.69. The topological polar surface area (TPSA) is 82.6 Å². The van der Waals surface area contributed by atoms with Crippen LogP contribution in [-0.4, -0.2) is 64.4 Å². The third kappa shape index (κ3) is 5.06. The highest BCUT2D eigenvalue weighted by molar-refractivity contribution is 7.98. The van der Waals surface area contributed by atoms with Crippen LogP contribution in [0.1, 0.15) is 40.0 Å². The molecule has 8 nitrogen and oxygen atoms in total. The van der Waals surface area contributed by atoms with Gasteiger partial charge in [0.25, 0.3) is 5.91 Å². The van der Waals surface area contributed by atoms with Gasteiger partial charge in [-0.3, -0.25) is 9.80 Å². The molecule has 0 bridgehead atoms. The summed E-state index contributed by atoms with van der Waals surface area (Å²) in [6.45, 7) is 2.49. The molecule has 1 amide bonds. The van der Waals surface area contributed by atoms with E-state index in [1.165, 1.54) is 11.6 Å². The minimum atomic E-state index is -1.28. The lowest BCUT2D eigenvalue weighted by Crippen LogP contribution is -2.61. The lowest BCUT2D eigenvalue weighted by molar-refractivity contribution is -0.155. The summed E-state index contributed by atoms with van der Waals surface area (Å²) in [7, 11) is 1.60. The summed E-state index contributed by atoms with van der Waals surface area (Å²) in [4.78, 5) is 30.1. The first-order valence-corrected chi connectivity index (χ1v) is 14.5.